The maximum Gasteiger partial charge on any atom is 0.142 e. The number of aromatic nitrogens is 1. The summed E-state index contributed by atoms with van der Waals surface area (Å²) < 4.78 is 15.8. The van der Waals surface area contributed by atoms with E-state index in [0.717, 1.165) is 23.0 Å². The molecule has 1 aromatic carbocycles. The van der Waals surface area contributed by atoms with Crippen molar-refractivity contribution in [3.8, 4) is 11.1 Å². The fourth-order valence-electron chi connectivity index (χ4n) is 4.00. The molecule has 0 spiro atoms. The van der Waals surface area contributed by atoms with E-state index in [9.17, 15) is 9.18 Å². The Morgan fingerprint density at radius 1 is 1.12 bits per heavy atom. The third kappa shape index (κ3) is 3.76. The average molecular weight is 339 g/mol. The van der Waals surface area contributed by atoms with Gasteiger partial charge in [0.25, 0.3) is 0 Å². The summed E-state index contributed by atoms with van der Waals surface area (Å²) >= 11 is 0. The molecule has 3 heteroatoms. The monoisotopic (exact) mass is 339 g/mol. The van der Waals surface area contributed by atoms with Crippen LogP contribution in [0.4, 0.5) is 4.39 Å². The average Bonchev–Trinajstić information content (AvgIpc) is 3.01. The van der Waals surface area contributed by atoms with Gasteiger partial charge in [0.2, 0.25) is 0 Å². The number of benzene rings is 1. The molecule has 2 nitrogen and oxygen atoms in total. The smallest absolute Gasteiger partial charge is 0.142 e. The van der Waals surface area contributed by atoms with E-state index in [1.807, 2.05) is 18.2 Å². The standard InChI is InChI=1S/C22H26FNO/c1-16(2)22-20(9-6-14-25)21(17-10-12-18(23)13-11-17)15-24(22)19-7-4-3-5-8-19/h6,9-16,19H,3-5,7-8H2,1-2H3/b9-6+. The summed E-state index contributed by atoms with van der Waals surface area (Å²) in [6.45, 7) is 4.39. The number of halogens is 1. The first-order chi connectivity index (χ1) is 12.1. The molecule has 0 N–H and O–H groups in total. The van der Waals surface area contributed by atoms with Crippen LogP contribution in [0.3, 0.4) is 0 Å². The minimum Gasteiger partial charge on any atom is -0.347 e. The summed E-state index contributed by atoms with van der Waals surface area (Å²) in [5.41, 5.74) is 4.42. The molecule has 0 unspecified atom stereocenters. The van der Waals surface area contributed by atoms with Gasteiger partial charge in [0, 0.05) is 29.1 Å². The molecule has 1 aliphatic rings. The van der Waals surface area contributed by atoms with Gasteiger partial charge in [-0.1, -0.05) is 45.2 Å². The van der Waals surface area contributed by atoms with Crippen molar-refractivity contribution < 1.29 is 9.18 Å². The lowest BCUT2D eigenvalue weighted by atomic mass is 9.94. The van der Waals surface area contributed by atoms with Crippen molar-refractivity contribution in [3.63, 3.8) is 0 Å². The Bertz CT molecular complexity index is 749. The second kappa shape index (κ2) is 7.81. The highest BCUT2D eigenvalue weighted by molar-refractivity contribution is 5.82. The van der Waals surface area contributed by atoms with E-state index in [1.54, 1.807) is 6.08 Å². The van der Waals surface area contributed by atoms with E-state index in [0.29, 0.717) is 12.0 Å². The molecule has 1 aromatic heterocycles. The summed E-state index contributed by atoms with van der Waals surface area (Å²) in [7, 11) is 0. The molecule has 2 aromatic rings. The molecule has 0 aliphatic heterocycles. The number of carbonyl (C=O) groups is 1. The number of hydrogen-bond donors (Lipinski definition) is 0. The maximum atomic E-state index is 13.3. The van der Waals surface area contributed by atoms with Gasteiger partial charge in [-0.05, 0) is 48.6 Å². The number of aldehydes is 1. The van der Waals surface area contributed by atoms with Gasteiger partial charge in [0.05, 0.1) is 0 Å². The zero-order chi connectivity index (χ0) is 17.8. The van der Waals surface area contributed by atoms with Gasteiger partial charge in [-0.15, -0.1) is 0 Å². The molecule has 25 heavy (non-hydrogen) atoms. The Morgan fingerprint density at radius 3 is 2.40 bits per heavy atom. The van der Waals surface area contributed by atoms with E-state index in [1.165, 1.54) is 49.9 Å². The molecule has 1 saturated carbocycles. The molecule has 0 amide bonds. The summed E-state index contributed by atoms with van der Waals surface area (Å²) in [4.78, 5) is 10.9. The van der Waals surface area contributed by atoms with Gasteiger partial charge >= 0.3 is 0 Å². The van der Waals surface area contributed by atoms with Crippen molar-refractivity contribution in [2.45, 2.75) is 57.9 Å². The second-order valence-electron chi connectivity index (χ2n) is 7.20. The third-order valence-corrected chi connectivity index (χ3v) is 5.12. The van der Waals surface area contributed by atoms with Gasteiger partial charge in [0.1, 0.15) is 12.1 Å². The molecule has 0 saturated heterocycles. The number of allylic oxidation sites excluding steroid dienone is 1. The van der Waals surface area contributed by atoms with Crippen molar-refractivity contribution in [3.05, 3.63) is 53.6 Å². The largest absolute Gasteiger partial charge is 0.347 e. The van der Waals surface area contributed by atoms with Crippen LogP contribution in [0, 0.1) is 5.82 Å². The van der Waals surface area contributed by atoms with Crippen LogP contribution in [0.25, 0.3) is 17.2 Å². The highest BCUT2D eigenvalue weighted by atomic mass is 19.1. The number of rotatable bonds is 5. The fourth-order valence-corrected chi connectivity index (χ4v) is 4.00. The van der Waals surface area contributed by atoms with Crippen LogP contribution >= 0.6 is 0 Å². The van der Waals surface area contributed by atoms with Gasteiger partial charge in [-0.25, -0.2) is 4.39 Å². The van der Waals surface area contributed by atoms with Crippen LogP contribution in [-0.4, -0.2) is 10.9 Å². The summed E-state index contributed by atoms with van der Waals surface area (Å²) in [5, 5.41) is 0. The van der Waals surface area contributed by atoms with E-state index in [4.69, 9.17) is 0 Å². The van der Waals surface area contributed by atoms with Crippen LogP contribution in [0.1, 0.15) is 69.2 Å². The molecular formula is C22H26FNO. The Hall–Kier alpha value is -2.16. The first-order valence-corrected chi connectivity index (χ1v) is 9.24. The zero-order valence-corrected chi connectivity index (χ0v) is 15.0. The van der Waals surface area contributed by atoms with E-state index < -0.39 is 0 Å². The van der Waals surface area contributed by atoms with E-state index in [-0.39, 0.29) is 5.82 Å². The highest BCUT2D eigenvalue weighted by Crippen LogP contribution is 2.39. The normalized spacial score (nSPS) is 16.0. The van der Waals surface area contributed by atoms with E-state index in [2.05, 4.69) is 24.6 Å². The van der Waals surface area contributed by atoms with Crippen LogP contribution in [-0.2, 0) is 4.79 Å². The molecule has 0 atom stereocenters. The first-order valence-electron chi connectivity index (χ1n) is 9.24. The summed E-state index contributed by atoms with van der Waals surface area (Å²) in [6, 6.07) is 7.14. The van der Waals surface area contributed by atoms with Crippen LogP contribution in [0.2, 0.25) is 0 Å². The topological polar surface area (TPSA) is 22.0 Å². The number of nitrogens with zero attached hydrogens (tertiary/aromatic N) is 1. The Labute approximate surface area is 149 Å². The second-order valence-corrected chi connectivity index (χ2v) is 7.20. The van der Waals surface area contributed by atoms with Crippen LogP contribution in [0.15, 0.2) is 36.5 Å². The van der Waals surface area contributed by atoms with Gasteiger partial charge in [-0.3, -0.25) is 4.79 Å². The predicted molar refractivity (Wildman–Crippen MR) is 101 cm³/mol. The van der Waals surface area contributed by atoms with Crippen molar-refractivity contribution in [2.24, 2.45) is 0 Å². The van der Waals surface area contributed by atoms with Gasteiger partial charge < -0.3 is 4.57 Å². The highest BCUT2D eigenvalue weighted by Gasteiger charge is 2.23. The molecule has 1 aliphatic carbocycles. The summed E-state index contributed by atoms with van der Waals surface area (Å²) in [6.07, 6.45) is 12.7. The molecule has 1 fully saturated rings. The summed E-state index contributed by atoms with van der Waals surface area (Å²) in [5.74, 6) is 0.118. The first kappa shape index (κ1) is 17.7. The molecular weight excluding hydrogens is 313 g/mol. The zero-order valence-electron chi connectivity index (χ0n) is 15.0. The maximum absolute atomic E-state index is 13.3. The van der Waals surface area contributed by atoms with Crippen LogP contribution < -0.4 is 0 Å². The van der Waals surface area contributed by atoms with E-state index >= 15 is 0 Å². The van der Waals surface area contributed by atoms with Crippen molar-refractivity contribution in [1.29, 1.82) is 0 Å². The quantitative estimate of drug-likeness (QED) is 0.474. The predicted octanol–water partition coefficient (Wildman–Crippen LogP) is 6.13. The minimum absolute atomic E-state index is 0.232. The Balaban J connectivity index is 2.16. The van der Waals surface area contributed by atoms with Gasteiger partial charge in [-0.2, -0.15) is 0 Å². The fraction of sp³-hybridized carbons (Fsp3) is 0.409. The third-order valence-electron chi connectivity index (χ3n) is 5.12. The molecule has 3 rings (SSSR count). The number of carbonyl (C=O) groups excluding carboxylic acids is 1. The molecule has 1 heterocycles. The number of hydrogen-bond acceptors (Lipinski definition) is 1. The molecule has 0 bridgehead atoms. The SMILES string of the molecule is CC(C)c1c(/C=C/C=O)c(-c2ccc(F)cc2)cn1C1CCCCC1. The van der Waals surface area contributed by atoms with Crippen molar-refractivity contribution >= 4 is 12.4 Å². The molecule has 0 radical (unpaired) electrons. The minimum atomic E-state index is -0.232. The van der Waals surface area contributed by atoms with Crippen molar-refractivity contribution in [1.82, 2.24) is 4.57 Å². The lowest BCUT2D eigenvalue weighted by Gasteiger charge is -2.27. The van der Waals surface area contributed by atoms with Crippen LogP contribution in [0.5, 0.6) is 0 Å². The van der Waals surface area contributed by atoms with Crippen molar-refractivity contribution in [2.75, 3.05) is 0 Å². The lowest BCUT2D eigenvalue weighted by Crippen LogP contribution is -2.15. The Morgan fingerprint density at radius 2 is 1.80 bits per heavy atom. The molecule has 132 valence electrons. The lowest BCUT2D eigenvalue weighted by molar-refractivity contribution is -0.104. The Kier molecular flexibility index (Phi) is 5.52. The van der Waals surface area contributed by atoms with Gasteiger partial charge in [0.15, 0.2) is 0 Å².